The third kappa shape index (κ3) is 3.04. The average molecular weight is 236 g/mol. The van der Waals surface area contributed by atoms with Crippen molar-refractivity contribution in [2.75, 3.05) is 25.5 Å². The van der Waals surface area contributed by atoms with Crippen LogP contribution in [0.15, 0.2) is 0 Å². The highest BCUT2D eigenvalue weighted by molar-refractivity contribution is 9.09. The fourth-order valence-electron chi connectivity index (χ4n) is 1.41. The van der Waals surface area contributed by atoms with Gasteiger partial charge < -0.3 is 9.64 Å². The van der Waals surface area contributed by atoms with Gasteiger partial charge in [-0.15, -0.1) is 0 Å². The lowest BCUT2D eigenvalue weighted by Gasteiger charge is -2.25. The summed E-state index contributed by atoms with van der Waals surface area (Å²) in [6.07, 6.45) is 2.96. The van der Waals surface area contributed by atoms with Gasteiger partial charge >= 0.3 is 0 Å². The largest absolute Gasteiger partial charge is 0.377 e. The van der Waals surface area contributed by atoms with Crippen LogP contribution in [0.4, 0.5) is 0 Å². The lowest BCUT2D eigenvalue weighted by atomic mass is 10.2. The predicted octanol–water partition coefficient (Wildman–Crippen LogP) is 1.88. The Morgan fingerprint density at radius 3 is 2.92 bits per heavy atom. The lowest BCUT2D eigenvalue weighted by Crippen LogP contribution is -2.36. The molecule has 0 bridgehead atoms. The maximum Gasteiger partial charge on any atom is 0.0702 e. The van der Waals surface area contributed by atoms with Crippen molar-refractivity contribution in [3.8, 4) is 0 Å². The molecule has 0 saturated carbocycles. The molecule has 1 fully saturated rings. The van der Waals surface area contributed by atoms with E-state index in [0.717, 1.165) is 18.5 Å². The van der Waals surface area contributed by atoms with Crippen LogP contribution in [0.5, 0.6) is 0 Å². The van der Waals surface area contributed by atoms with Gasteiger partial charge in [-0.25, -0.2) is 0 Å². The van der Waals surface area contributed by atoms with Crippen molar-refractivity contribution in [2.45, 2.75) is 31.9 Å². The monoisotopic (exact) mass is 235 g/mol. The van der Waals surface area contributed by atoms with Crippen LogP contribution in [0.2, 0.25) is 0 Å². The standard InChI is InChI=1S/C9H18BrNO/c1-8(6-10)11(2)7-9-4-3-5-12-9/h8-9H,3-7H2,1-2H3. The van der Waals surface area contributed by atoms with Crippen molar-refractivity contribution in [3.63, 3.8) is 0 Å². The second kappa shape index (κ2) is 5.20. The summed E-state index contributed by atoms with van der Waals surface area (Å²) in [7, 11) is 2.16. The molecule has 0 radical (unpaired) electrons. The highest BCUT2D eigenvalue weighted by atomic mass is 79.9. The molecular weight excluding hydrogens is 218 g/mol. The molecule has 1 saturated heterocycles. The first-order valence-electron chi connectivity index (χ1n) is 4.62. The van der Waals surface area contributed by atoms with Gasteiger partial charge in [-0.05, 0) is 26.8 Å². The van der Waals surface area contributed by atoms with Crippen LogP contribution in [-0.2, 0) is 4.74 Å². The van der Waals surface area contributed by atoms with Gasteiger partial charge in [0.05, 0.1) is 6.10 Å². The molecular formula is C9H18BrNO. The lowest BCUT2D eigenvalue weighted by molar-refractivity contribution is 0.0735. The van der Waals surface area contributed by atoms with E-state index in [9.17, 15) is 0 Å². The van der Waals surface area contributed by atoms with Crippen molar-refractivity contribution in [1.82, 2.24) is 4.90 Å². The molecule has 0 aromatic rings. The molecule has 2 unspecified atom stereocenters. The minimum absolute atomic E-state index is 0.483. The van der Waals surface area contributed by atoms with E-state index in [1.54, 1.807) is 0 Å². The van der Waals surface area contributed by atoms with Gasteiger partial charge in [0.25, 0.3) is 0 Å². The Balaban J connectivity index is 2.19. The van der Waals surface area contributed by atoms with Crippen LogP contribution in [-0.4, -0.2) is 42.6 Å². The van der Waals surface area contributed by atoms with Crippen molar-refractivity contribution in [1.29, 1.82) is 0 Å². The van der Waals surface area contributed by atoms with Crippen LogP contribution >= 0.6 is 15.9 Å². The summed E-state index contributed by atoms with van der Waals surface area (Å²) in [4.78, 5) is 2.35. The molecule has 1 rings (SSSR count). The van der Waals surface area contributed by atoms with Crippen molar-refractivity contribution < 1.29 is 4.74 Å². The second-order valence-electron chi connectivity index (χ2n) is 3.58. The van der Waals surface area contributed by atoms with Crippen LogP contribution in [0.25, 0.3) is 0 Å². The highest BCUT2D eigenvalue weighted by Gasteiger charge is 2.19. The smallest absolute Gasteiger partial charge is 0.0702 e. The Kier molecular flexibility index (Phi) is 4.54. The fraction of sp³-hybridized carbons (Fsp3) is 1.00. The summed E-state index contributed by atoms with van der Waals surface area (Å²) in [6, 6.07) is 0.606. The Hall–Kier alpha value is 0.400. The van der Waals surface area contributed by atoms with Crippen molar-refractivity contribution >= 4 is 15.9 Å². The van der Waals surface area contributed by atoms with Crippen LogP contribution in [0.1, 0.15) is 19.8 Å². The molecule has 2 atom stereocenters. The van der Waals surface area contributed by atoms with E-state index in [0.29, 0.717) is 12.1 Å². The van der Waals surface area contributed by atoms with E-state index in [1.807, 2.05) is 0 Å². The minimum atomic E-state index is 0.483. The summed E-state index contributed by atoms with van der Waals surface area (Å²) < 4.78 is 5.56. The zero-order chi connectivity index (χ0) is 8.97. The van der Waals surface area contributed by atoms with E-state index in [-0.39, 0.29) is 0 Å². The quantitative estimate of drug-likeness (QED) is 0.691. The number of alkyl halides is 1. The van der Waals surface area contributed by atoms with Crippen LogP contribution < -0.4 is 0 Å². The molecule has 0 amide bonds. The summed E-state index contributed by atoms with van der Waals surface area (Å²) >= 11 is 3.48. The fourth-order valence-corrected chi connectivity index (χ4v) is 1.90. The third-order valence-corrected chi connectivity index (χ3v) is 3.43. The topological polar surface area (TPSA) is 12.5 Å². The predicted molar refractivity (Wildman–Crippen MR) is 54.9 cm³/mol. The molecule has 0 aromatic heterocycles. The van der Waals surface area contributed by atoms with Gasteiger partial charge in [0.15, 0.2) is 0 Å². The maximum atomic E-state index is 5.56. The summed E-state index contributed by atoms with van der Waals surface area (Å²) in [5.41, 5.74) is 0. The van der Waals surface area contributed by atoms with Gasteiger partial charge in [-0.3, -0.25) is 0 Å². The third-order valence-electron chi connectivity index (χ3n) is 2.49. The first kappa shape index (κ1) is 10.5. The Bertz CT molecular complexity index is 126. The molecule has 1 aliphatic rings. The summed E-state index contributed by atoms with van der Waals surface area (Å²) in [5.74, 6) is 0. The minimum Gasteiger partial charge on any atom is -0.377 e. The molecule has 0 aromatic carbocycles. The Morgan fingerprint density at radius 2 is 2.42 bits per heavy atom. The highest BCUT2D eigenvalue weighted by Crippen LogP contribution is 2.14. The SMILES string of the molecule is CC(CBr)N(C)CC1CCCO1. The molecule has 0 N–H and O–H groups in total. The summed E-state index contributed by atoms with van der Waals surface area (Å²) in [6.45, 7) is 4.26. The number of likely N-dealkylation sites (N-methyl/N-ethyl adjacent to an activating group) is 1. The zero-order valence-corrected chi connectivity index (χ0v) is 9.51. The number of hydrogen-bond acceptors (Lipinski definition) is 2. The Labute approximate surface area is 83.4 Å². The van der Waals surface area contributed by atoms with E-state index >= 15 is 0 Å². The van der Waals surface area contributed by atoms with Crippen LogP contribution in [0.3, 0.4) is 0 Å². The molecule has 0 aliphatic carbocycles. The van der Waals surface area contributed by atoms with E-state index in [4.69, 9.17) is 4.74 Å². The molecule has 0 spiro atoms. The van der Waals surface area contributed by atoms with Crippen molar-refractivity contribution in [3.05, 3.63) is 0 Å². The molecule has 1 aliphatic heterocycles. The molecule has 12 heavy (non-hydrogen) atoms. The number of nitrogens with zero attached hydrogens (tertiary/aromatic N) is 1. The number of rotatable bonds is 4. The molecule has 3 heteroatoms. The van der Waals surface area contributed by atoms with Gasteiger partial charge in [0.1, 0.15) is 0 Å². The van der Waals surface area contributed by atoms with E-state index < -0.39 is 0 Å². The molecule has 72 valence electrons. The van der Waals surface area contributed by atoms with E-state index in [2.05, 4.69) is 34.8 Å². The van der Waals surface area contributed by atoms with Gasteiger partial charge in [-0.1, -0.05) is 15.9 Å². The van der Waals surface area contributed by atoms with Crippen molar-refractivity contribution in [2.24, 2.45) is 0 Å². The summed E-state index contributed by atoms with van der Waals surface area (Å²) in [5, 5.41) is 1.04. The average Bonchev–Trinajstić information content (AvgIpc) is 2.55. The van der Waals surface area contributed by atoms with Gasteiger partial charge in [-0.2, -0.15) is 0 Å². The zero-order valence-electron chi connectivity index (χ0n) is 7.92. The Morgan fingerprint density at radius 1 is 1.67 bits per heavy atom. The second-order valence-corrected chi connectivity index (χ2v) is 4.23. The molecule has 1 heterocycles. The normalized spacial score (nSPS) is 26.5. The first-order valence-corrected chi connectivity index (χ1v) is 5.74. The van der Waals surface area contributed by atoms with Gasteiger partial charge in [0.2, 0.25) is 0 Å². The molecule has 2 nitrogen and oxygen atoms in total. The number of ether oxygens (including phenoxy) is 1. The number of hydrogen-bond donors (Lipinski definition) is 0. The van der Waals surface area contributed by atoms with Gasteiger partial charge in [0, 0.05) is 24.5 Å². The van der Waals surface area contributed by atoms with E-state index in [1.165, 1.54) is 12.8 Å². The number of halogens is 1. The maximum absolute atomic E-state index is 5.56. The first-order chi connectivity index (χ1) is 5.74. The van der Waals surface area contributed by atoms with Crippen LogP contribution in [0, 0.1) is 0 Å².